The summed E-state index contributed by atoms with van der Waals surface area (Å²) in [5.74, 6) is -1.11. The van der Waals surface area contributed by atoms with Crippen LogP contribution in [0.1, 0.15) is 32.1 Å². The molecule has 0 aromatic rings. The van der Waals surface area contributed by atoms with Crippen molar-refractivity contribution in [2.75, 3.05) is 6.54 Å². The van der Waals surface area contributed by atoms with E-state index >= 15 is 0 Å². The van der Waals surface area contributed by atoms with Crippen molar-refractivity contribution in [3.8, 4) is 0 Å². The first-order valence-corrected chi connectivity index (χ1v) is 6.95. The second kappa shape index (κ2) is 5.60. The molecule has 7 heteroatoms. The largest absolute Gasteiger partial charge is 0.480 e. The van der Waals surface area contributed by atoms with Crippen molar-refractivity contribution in [1.82, 2.24) is 4.72 Å². The summed E-state index contributed by atoms with van der Waals surface area (Å²) in [5, 5.41) is 8.21. The van der Waals surface area contributed by atoms with Crippen molar-refractivity contribution in [3.05, 3.63) is 0 Å². The number of nitrogens with two attached hydrogens (primary N) is 1. The fourth-order valence-corrected chi connectivity index (χ4v) is 3.39. The summed E-state index contributed by atoms with van der Waals surface area (Å²) in [6.07, 6.45) is 3.39. The Morgan fingerprint density at radius 2 is 2.00 bits per heavy atom. The van der Waals surface area contributed by atoms with Crippen LogP contribution in [0, 0.1) is 0 Å². The van der Waals surface area contributed by atoms with E-state index in [9.17, 15) is 13.2 Å². The van der Waals surface area contributed by atoms with E-state index in [-0.39, 0.29) is 18.2 Å². The van der Waals surface area contributed by atoms with Crippen molar-refractivity contribution < 1.29 is 18.3 Å². The Labute approximate surface area is 95.3 Å². The molecule has 4 N–H and O–H groups in total. The van der Waals surface area contributed by atoms with E-state index in [2.05, 4.69) is 4.72 Å². The van der Waals surface area contributed by atoms with Crippen LogP contribution in [0.3, 0.4) is 0 Å². The van der Waals surface area contributed by atoms with Crippen molar-refractivity contribution in [2.45, 2.75) is 43.4 Å². The van der Waals surface area contributed by atoms with E-state index in [0.717, 1.165) is 12.8 Å². The van der Waals surface area contributed by atoms with Gasteiger partial charge in [-0.25, -0.2) is 13.1 Å². The number of sulfonamides is 1. The number of aliphatic carboxylic acids is 1. The van der Waals surface area contributed by atoms with Crippen molar-refractivity contribution in [3.63, 3.8) is 0 Å². The van der Waals surface area contributed by atoms with Gasteiger partial charge in [-0.15, -0.1) is 0 Å². The maximum Gasteiger partial charge on any atom is 0.320 e. The number of hydrogen-bond acceptors (Lipinski definition) is 4. The lowest BCUT2D eigenvalue weighted by Gasteiger charge is -2.13. The van der Waals surface area contributed by atoms with Crippen LogP contribution in [0.4, 0.5) is 0 Å². The molecule has 1 rings (SSSR count). The van der Waals surface area contributed by atoms with E-state index in [1.807, 2.05) is 0 Å². The number of hydrogen-bond donors (Lipinski definition) is 3. The molecule has 0 unspecified atom stereocenters. The van der Waals surface area contributed by atoms with Gasteiger partial charge in [0.2, 0.25) is 10.0 Å². The normalized spacial score (nSPS) is 19.8. The summed E-state index contributed by atoms with van der Waals surface area (Å²) in [7, 11) is -3.28. The molecule has 1 aliphatic rings. The second-order valence-electron chi connectivity index (χ2n) is 4.08. The van der Waals surface area contributed by atoms with Gasteiger partial charge in [0.25, 0.3) is 0 Å². The minimum absolute atomic E-state index is 0.0896. The molecule has 0 aliphatic heterocycles. The summed E-state index contributed by atoms with van der Waals surface area (Å²) < 4.78 is 25.8. The van der Waals surface area contributed by atoms with Gasteiger partial charge in [-0.1, -0.05) is 12.8 Å². The monoisotopic (exact) mass is 250 g/mol. The number of carboxylic acid groups (broad SMARTS) is 1. The third-order valence-electron chi connectivity index (χ3n) is 2.82. The van der Waals surface area contributed by atoms with Crippen molar-refractivity contribution in [1.29, 1.82) is 0 Å². The molecule has 0 aromatic heterocycles. The predicted octanol–water partition coefficient (Wildman–Crippen LogP) is -0.350. The van der Waals surface area contributed by atoms with Crippen molar-refractivity contribution in [2.24, 2.45) is 5.73 Å². The lowest BCUT2D eigenvalue weighted by Crippen LogP contribution is -2.38. The minimum Gasteiger partial charge on any atom is -0.480 e. The van der Waals surface area contributed by atoms with Gasteiger partial charge < -0.3 is 10.8 Å². The van der Waals surface area contributed by atoms with Crippen LogP contribution >= 0.6 is 0 Å². The first-order valence-electron chi connectivity index (χ1n) is 5.40. The van der Waals surface area contributed by atoms with Crippen LogP contribution < -0.4 is 10.5 Å². The third-order valence-corrected chi connectivity index (χ3v) is 4.77. The summed E-state index contributed by atoms with van der Waals surface area (Å²) in [6, 6.07) is -1.01. The smallest absolute Gasteiger partial charge is 0.320 e. The first-order chi connectivity index (χ1) is 7.43. The average molecular weight is 250 g/mol. The summed E-state index contributed by atoms with van der Waals surface area (Å²) in [6.45, 7) is 0.0896. The zero-order chi connectivity index (χ0) is 12.2. The van der Waals surface area contributed by atoms with E-state index in [4.69, 9.17) is 10.8 Å². The molecular formula is C9H18N2O4S. The molecule has 1 fully saturated rings. The van der Waals surface area contributed by atoms with Gasteiger partial charge in [-0.3, -0.25) is 4.79 Å². The Bertz CT molecular complexity index is 335. The van der Waals surface area contributed by atoms with Crippen LogP contribution in [-0.4, -0.2) is 37.3 Å². The van der Waals surface area contributed by atoms with Gasteiger partial charge in [-0.05, 0) is 19.3 Å². The number of carboxylic acids is 1. The summed E-state index contributed by atoms with van der Waals surface area (Å²) >= 11 is 0. The fourth-order valence-electron chi connectivity index (χ4n) is 1.80. The zero-order valence-corrected chi connectivity index (χ0v) is 9.87. The maximum atomic E-state index is 11.7. The Hall–Kier alpha value is -0.660. The van der Waals surface area contributed by atoms with Gasteiger partial charge in [0.1, 0.15) is 6.04 Å². The molecule has 16 heavy (non-hydrogen) atoms. The predicted molar refractivity (Wildman–Crippen MR) is 59.4 cm³/mol. The quantitative estimate of drug-likeness (QED) is 0.597. The molecule has 94 valence electrons. The Balaban J connectivity index is 2.33. The molecule has 0 amide bonds. The van der Waals surface area contributed by atoms with E-state index in [0.29, 0.717) is 12.8 Å². The topological polar surface area (TPSA) is 109 Å². The molecule has 6 nitrogen and oxygen atoms in total. The molecule has 1 saturated carbocycles. The van der Waals surface area contributed by atoms with Gasteiger partial charge in [0.05, 0.1) is 5.25 Å². The van der Waals surface area contributed by atoms with Crippen molar-refractivity contribution >= 4 is 16.0 Å². The number of rotatable bonds is 6. The van der Waals surface area contributed by atoms with Gasteiger partial charge in [0.15, 0.2) is 0 Å². The molecule has 0 radical (unpaired) electrons. The van der Waals surface area contributed by atoms with Gasteiger partial charge in [-0.2, -0.15) is 0 Å². The molecule has 0 spiro atoms. The summed E-state index contributed by atoms with van der Waals surface area (Å²) in [5.41, 5.74) is 5.26. The van der Waals surface area contributed by atoms with E-state index in [1.165, 1.54) is 0 Å². The molecule has 0 bridgehead atoms. The van der Waals surface area contributed by atoms with E-state index < -0.39 is 22.0 Å². The molecule has 0 heterocycles. The maximum absolute atomic E-state index is 11.7. The van der Waals surface area contributed by atoms with Crippen LogP contribution in [0.25, 0.3) is 0 Å². The Morgan fingerprint density at radius 1 is 1.44 bits per heavy atom. The van der Waals surface area contributed by atoms with Crippen LogP contribution in [0.5, 0.6) is 0 Å². The van der Waals surface area contributed by atoms with Gasteiger partial charge >= 0.3 is 5.97 Å². The SMILES string of the molecule is N[C@@H](CCNS(=O)(=O)C1CCCC1)C(=O)O. The van der Waals surface area contributed by atoms with Gasteiger partial charge in [0, 0.05) is 6.54 Å². The lowest BCUT2D eigenvalue weighted by molar-refractivity contribution is -0.138. The lowest BCUT2D eigenvalue weighted by atomic mass is 10.2. The fraction of sp³-hybridized carbons (Fsp3) is 0.889. The number of carbonyl (C=O) groups is 1. The molecular weight excluding hydrogens is 232 g/mol. The van der Waals surface area contributed by atoms with E-state index in [1.54, 1.807) is 0 Å². The standard InChI is InChI=1S/C9H18N2O4S/c10-8(9(12)13)5-6-11-16(14,15)7-3-1-2-4-7/h7-8,11H,1-6,10H2,(H,12,13)/t8-/m0/s1. The van der Waals surface area contributed by atoms with Crippen LogP contribution in [0.15, 0.2) is 0 Å². The first kappa shape index (κ1) is 13.4. The highest BCUT2D eigenvalue weighted by molar-refractivity contribution is 7.90. The molecule has 0 saturated heterocycles. The molecule has 1 atom stereocenters. The van der Waals surface area contributed by atoms with Crippen LogP contribution in [0.2, 0.25) is 0 Å². The second-order valence-corrected chi connectivity index (χ2v) is 6.12. The Morgan fingerprint density at radius 3 is 2.50 bits per heavy atom. The highest BCUT2D eigenvalue weighted by Crippen LogP contribution is 2.23. The summed E-state index contributed by atoms with van der Waals surface area (Å²) in [4.78, 5) is 10.4. The zero-order valence-electron chi connectivity index (χ0n) is 9.05. The minimum atomic E-state index is -3.28. The highest BCUT2D eigenvalue weighted by Gasteiger charge is 2.28. The molecule has 1 aliphatic carbocycles. The molecule has 0 aromatic carbocycles. The Kier molecular flexibility index (Phi) is 4.69. The number of nitrogens with one attached hydrogen (secondary N) is 1. The highest BCUT2D eigenvalue weighted by atomic mass is 32.2. The third kappa shape index (κ3) is 3.73. The van der Waals surface area contributed by atoms with Crippen LogP contribution in [-0.2, 0) is 14.8 Å². The average Bonchev–Trinajstić information content (AvgIpc) is 2.70.